The van der Waals surface area contributed by atoms with Gasteiger partial charge in [0, 0.05) is 34.1 Å². The van der Waals surface area contributed by atoms with Crippen molar-refractivity contribution in [2.24, 2.45) is 0 Å². The number of nitrogen functional groups attached to an aromatic ring is 1. The zero-order chi connectivity index (χ0) is 13.1. The van der Waals surface area contributed by atoms with Gasteiger partial charge >= 0.3 is 0 Å². The van der Waals surface area contributed by atoms with Crippen LogP contribution in [0.3, 0.4) is 0 Å². The minimum Gasteiger partial charge on any atom is -0.398 e. The lowest BCUT2D eigenvalue weighted by Gasteiger charge is -2.33. The molecule has 2 nitrogen and oxygen atoms in total. The Morgan fingerprint density at radius 3 is 2.61 bits per heavy atom. The van der Waals surface area contributed by atoms with Crippen LogP contribution in [0.4, 0.5) is 5.69 Å². The summed E-state index contributed by atoms with van der Waals surface area (Å²) in [5.41, 5.74) is 7.84. The second kappa shape index (κ2) is 6.18. The topological polar surface area (TPSA) is 29.3 Å². The van der Waals surface area contributed by atoms with Crippen molar-refractivity contribution in [3.8, 4) is 0 Å². The molecule has 0 atom stereocenters. The highest BCUT2D eigenvalue weighted by Crippen LogP contribution is 2.29. The molecule has 100 valence electrons. The van der Waals surface area contributed by atoms with Crippen molar-refractivity contribution in [3.05, 3.63) is 28.8 Å². The standard InChI is InChI=1S/C14H21ClN2S/c1-17(10-5-7-11(18)8-6-10)9-12-13(15)3-2-4-14(12)16/h2-4,10-11,18H,5-9,16H2,1H3. The van der Waals surface area contributed by atoms with Gasteiger partial charge in [-0.1, -0.05) is 17.7 Å². The lowest BCUT2D eigenvalue weighted by atomic mass is 9.93. The Kier molecular flexibility index (Phi) is 4.82. The van der Waals surface area contributed by atoms with E-state index in [-0.39, 0.29) is 0 Å². The van der Waals surface area contributed by atoms with Crippen LogP contribution in [0.1, 0.15) is 31.2 Å². The zero-order valence-corrected chi connectivity index (χ0v) is 12.4. The summed E-state index contributed by atoms with van der Waals surface area (Å²) in [5, 5.41) is 1.35. The minimum atomic E-state index is 0.583. The minimum absolute atomic E-state index is 0.583. The number of nitrogens with two attached hydrogens (primary N) is 1. The van der Waals surface area contributed by atoms with Crippen LogP contribution in [-0.4, -0.2) is 23.2 Å². The number of nitrogens with zero attached hydrogens (tertiary/aromatic N) is 1. The smallest absolute Gasteiger partial charge is 0.0471 e. The first-order chi connectivity index (χ1) is 8.58. The van der Waals surface area contributed by atoms with Crippen molar-refractivity contribution in [1.29, 1.82) is 0 Å². The quantitative estimate of drug-likeness (QED) is 0.656. The van der Waals surface area contributed by atoms with E-state index < -0.39 is 0 Å². The molecule has 0 saturated heterocycles. The molecular weight excluding hydrogens is 264 g/mol. The summed E-state index contributed by atoms with van der Waals surface area (Å²) in [5.74, 6) is 0. The predicted molar refractivity (Wildman–Crippen MR) is 82.4 cm³/mol. The molecule has 2 rings (SSSR count). The Morgan fingerprint density at radius 2 is 2.00 bits per heavy atom. The van der Waals surface area contributed by atoms with Crippen LogP contribution in [0.5, 0.6) is 0 Å². The Labute approximate surface area is 120 Å². The first-order valence-electron chi connectivity index (χ1n) is 6.49. The highest BCUT2D eigenvalue weighted by atomic mass is 35.5. The zero-order valence-electron chi connectivity index (χ0n) is 10.8. The van der Waals surface area contributed by atoms with Gasteiger partial charge < -0.3 is 5.73 Å². The molecule has 0 spiro atoms. The number of anilines is 1. The molecule has 1 aliphatic carbocycles. The van der Waals surface area contributed by atoms with E-state index in [4.69, 9.17) is 17.3 Å². The van der Waals surface area contributed by atoms with Crippen molar-refractivity contribution in [2.45, 2.75) is 43.5 Å². The molecule has 1 aromatic carbocycles. The van der Waals surface area contributed by atoms with Crippen LogP contribution in [0.25, 0.3) is 0 Å². The fourth-order valence-electron chi connectivity index (χ4n) is 2.62. The molecule has 1 aliphatic rings. The molecule has 0 bridgehead atoms. The molecule has 0 heterocycles. The molecule has 4 heteroatoms. The van der Waals surface area contributed by atoms with Crippen LogP contribution in [-0.2, 0) is 6.54 Å². The maximum absolute atomic E-state index is 6.22. The van der Waals surface area contributed by atoms with Gasteiger partial charge in [-0.15, -0.1) is 0 Å². The molecule has 0 unspecified atom stereocenters. The average molecular weight is 285 g/mol. The van der Waals surface area contributed by atoms with E-state index in [0.29, 0.717) is 11.3 Å². The Bertz CT molecular complexity index is 383. The molecule has 0 radical (unpaired) electrons. The Hall–Kier alpha value is -0.380. The SMILES string of the molecule is CN(Cc1c(N)cccc1Cl)C1CCC(S)CC1. The van der Waals surface area contributed by atoms with Gasteiger partial charge in [0.15, 0.2) is 0 Å². The molecule has 1 saturated carbocycles. The van der Waals surface area contributed by atoms with E-state index in [1.54, 1.807) is 0 Å². The molecule has 1 fully saturated rings. The summed E-state index contributed by atoms with van der Waals surface area (Å²) in [7, 11) is 2.16. The van der Waals surface area contributed by atoms with Crippen LogP contribution in [0, 0.1) is 0 Å². The van der Waals surface area contributed by atoms with Crippen molar-refractivity contribution in [3.63, 3.8) is 0 Å². The molecular formula is C14H21ClN2S. The van der Waals surface area contributed by atoms with Crippen molar-refractivity contribution >= 4 is 29.9 Å². The van der Waals surface area contributed by atoms with Crippen LogP contribution < -0.4 is 5.73 Å². The van der Waals surface area contributed by atoms with Gasteiger partial charge in [-0.05, 0) is 44.9 Å². The summed E-state index contributed by atoms with van der Waals surface area (Å²) < 4.78 is 0. The molecule has 0 amide bonds. The third-order valence-electron chi connectivity index (χ3n) is 3.85. The van der Waals surface area contributed by atoms with Crippen molar-refractivity contribution in [1.82, 2.24) is 4.90 Å². The second-order valence-corrected chi connectivity index (χ2v) is 6.32. The summed E-state index contributed by atoms with van der Waals surface area (Å²) >= 11 is 10.8. The average Bonchev–Trinajstić information content (AvgIpc) is 2.34. The normalized spacial score (nSPS) is 24.4. The van der Waals surface area contributed by atoms with E-state index in [2.05, 4.69) is 24.6 Å². The van der Waals surface area contributed by atoms with E-state index in [1.807, 2.05) is 18.2 Å². The maximum atomic E-state index is 6.22. The van der Waals surface area contributed by atoms with Crippen LogP contribution >= 0.6 is 24.2 Å². The highest BCUT2D eigenvalue weighted by molar-refractivity contribution is 7.80. The number of benzene rings is 1. The number of halogens is 1. The van der Waals surface area contributed by atoms with Gasteiger partial charge in [0.1, 0.15) is 0 Å². The van der Waals surface area contributed by atoms with Gasteiger partial charge in [-0.25, -0.2) is 0 Å². The van der Waals surface area contributed by atoms with Crippen LogP contribution in [0.15, 0.2) is 18.2 Å². The Balaban J connectivity index is 2.00. The highest BCUT2D eigenvalue weighted by Gasteiger charge is 2.22. The summed E-state index contributed by atoms with van der Waals surface area (Å²) in [6, 6.07) is 6.35. The Morgan fingerprint density at radius 1 is 1.33 bits per heavy atom. The first-order valence-corrected chi connectivity index (χ1v) is 7.38. The van der Waals surface area contributed by atoms with Crippen molar-refractivity contribution < 1.29 is 0 Å². The third-order valence-corrected chi connectivity index (χ3v) is 4.72. The largest absolute Gasteiger partial charge is 0.398 e. The summed E-state index contributed by atoms with van der Waals surface area (Å²) in [6.45, 7) is 0.827. The second-order valence-electron chi connectivity index (χ2n) is 5.19. The van der Waals surface area contributed by atoms with Gasteiger partial charge in [0.05, 0.1) is 0 Å². The number of rotatable bonds is 3. The molecule has 1 aromatic rings. The van der Waals surface area contributed by atoms with Gasteiger partial charge in [-0.2, -0.15) is 12.6 Å². The van der Waals surface area contributed by atoms with Gasteiger partial charge in [-0.3, -0.25) is 4.90 Å². The van der Waals surface area contributed by atoms with E-state index in [9.17, 15) is 0 Å². The van der Waals surface area contributed by atoms with Crippen molar-refractivity contribution in [2.75, 3.05) is 12.8 Å². The van der Waals surface area contributed by atoms with Gasteiger partial charge in [0.25, 0.3) is 0 Å². The summed E-state index contributed by atoms with van der Waals surface area (Å²) in [4.78, 5) is 2.37. The lowest BCUT2D eigenvalue weighted by molar-refractivity contribution is 0.187. The van der Waals surface area contributed by atoms with E-state index in [0.717, 1.165) is 22.8 Å². The molecule has 0 aromatic heterocycles. The molecule has 18 heavy (non-hydrogen) atoms. The third kappa shape index (κ3) is 3.34. The fraction of sp³-hybridized carbons (Fsp3) is 0.571. The van der Waals surface area contributed by atoms with Gasteiger partial charge in [0.2, 0.25) is 0 Å². The maximum Gasteiger partial charge on any atom is 0.0471 e. The number of hydrogen-bond donors (Lipinski definition) is 2. The predicted octanol–water partition coefficient (Wildman–Crippen LogP) is 3.60. The lowest BCUT2D eigenvalue weighted by Crippen LogP contribution is -2.35. The van der Waals surface area contributed by atoms with Crippen LogP contribution in [0.2, 0.25) is 5.02 Å². The first kappa shape index (κ1) is 14.0. The fourth-order valence-corrected chi connectivity index (χ4v) is 3.16. The van der Waals surface area contributed by atoms with E-state index >= 15 is 0 Å². The molecule has 2 N–H and O–H groups in total. The monoisotopic (exact) mass is 284 g/mol. The van der Waals surface area contributed by atoms with E-state index in [1.165, 1.54) is 25.7 Å². The number of hydrogen-bond acceptors (Lipinski definition) is 3. The number of thiol groups is 1. The molecule has 0 aliphatic heterocycles. The summed E-state index contributed by atoms with van der Waals surface area (Å²) in [6.07, 6.45) is 4.84.